The Kier molecular flexibility index (Phi) is 8.06. The number of hydrogen-bond acceptors (Lipinski definition) is 4. The Bertz CT molecular complexity index is 4250. The van der Waals surface area contributed by atoms with Gasteiger partial charge in [-0.25, -0.2) is 4.98 Å². The molecule has 0 aliphatic carbocycles. The van der Waals surface area contributed by atoms with Crippen molar-refractivity contribution in [3.8, 4) is 28.4 Å². The van der Waals surface area contributed by atoms with Crippen molar-refractivity contribution >= 4 is 88.2 Å². The first-order chi connectivity index (χ1) is 36.8. The Hall–Kier alpha value is -8.29. The number of hydrogen-bond donors (Lipinski definition) is 0. The fourth-order valence-corrected chi connectivity index (χ4v) is 11.3. The monoisotopic (exact) mass is 930 g/mol. The zero-order chi connectivity index (χ0) is 53.5. The minimum atomic E-state index is -2.61. The topological polar surface area (TPSA) is 43.4 Å². The van der Waals surface area contributed by atoms with Crippen molar-refractivity contribution in [2.45, 2.75) is 52.4 Å². The number of para-hydroxylation sites is 5. The third-order valence-corrected chi connectivity index (χ3v) is 14.5. The smallest absolute Gasteiger partial charge is 0.137 e. The molecule has 1 aliphatic rings. The van der Waals surface area contributed by atoms with Crippen LogP contribution in [0, 0.1) is 0 Å². The number of fused-ring (bicyclic) bond motifs is 10. The van der Waals surface area contributed by atoms with Gasteiger partial charge in [-0.3, -0.25) is 4.57 Å². The molecule has 71 heavy (non-hydrogen) atoms. The van der Waals surface area contributed by atoms with E-state index in [2.05, 4.69) is 117 Å². The van der Waals surface area contributed by atoms with Crippen LogP contribution in [0.1, 0.15) is 60.9 Å². The van der Waals surface area contributed by atoms with Gasteiger partial charge in [0.1, 0.15) is 24.0 Å². The van der Waals surface area contributed by atoms with E-state index in [0.717, 1.165) is 77.4 Å². The fraction of sp³-hybridized carbons (Fsp3) is 0.172. The summed E-state index contributed by atoms with van der Waals surface area (Å²) in [6, 6.07) is 58.6. The third-order valence-electron chi connectivity index (χ3n) is 14.5. The molecule has 0 N–H and O–H groups in total. The summed E-state index contributed by atoms with van der Waals surface area (Å²) >= 11 is 0. The quantitative estimate of drug-likeness (QED) is 0.167. The van der Waals surface area contributed by atoms with E-state index in [1.54, 1.807) is 0 Å². The lowest BCUT2D eigenvalue weighted by Gasteiger charge is -2.25. The Morgan fingerprint density at radius 2 is 1.07 bits per heavy atom. The lowest BCUT2D eigenvalue weighted by molar-refractivity contribution is 0.483. The van der Waals surface area contributed by atoms with Crippen LogP contribution in [0.3, 0.4) is 0 Å². The van der Waals surface area contributed by atoms with Crippen LogP contribution in [0.5, 0.6) is 11.5 Å². The molecule has 7 nitrogen and oxygen atoms in total. The predicted molar refractivity (Wildman–Crippen MR) is 298 cm³/mol. The van der Waals surface area contributed by atoms with E-state index in [0.29, 0.717) is 39.3 Å². The second kappa shape index (κ2) is 15.6. The summed E-state index contributed by atoms with van der Waals surface area (Å²) < 4.78 is 66.1. The van der Waals surface area contributed by atoms with Gasteiger partial charge in [-0.2, -0.15) is 0 Å². The summed E-state index contributed by atoms with van der Waals surface area (Å²) in [4.78, 5) is 9.51. The molecule has 0 spiro atoms. The van der Waals surface area contributed by atoms with Gasteiger partial charge in [0.05, 0.1) is 39.1 Å². The van der Waals surface area contributed by atoms with Gasteiger partial charge >= 0.3 is 0 Å². The van der Waals surface area contributed by atoms with Crippen LogP contribution in [0.2, 0.25) is 0 Å². The van der Waals surface area contributed by atoms with E-state index in [1.807, 2.05) is 121 Å². The minimum absolute atomic E-state index is 0.174. The average Bonchev–Trinajstić information content (AvgIpc) is 4.18. The number of aromatic nitrogens is 4. The molecule has 7 heteroatoms. The largest absolute Gasteiger partial charge is 0.457 e. The lowest BCUT2D eigenvalue weighted by Crippen LogP contribution is -2.25. The fourth-order valence-electron chi connectivity index (χ4n) is 11.3. The molecule has 0 saturated carbocycles. The van der Waals surface area contributed by atoms with Crippen molar-refractivity contribution in [2.24, 2.45) is 14.0 Å². The van der Waals surface area contributed by atoms with Gasteiger partial charge < -0.3 is 23.7 Å². The lowest BCUT2D eigenvalue weighted by atomic mass is 9.82. The molecule has 0 unspecified atom stereocenters. The first-order valence-electron chi connectivity index (χ1n) is 27.3. The SMILES string of the molecule is [2H]C([2H])([2H])n1c2ccccc2c2cc3c4ccccc4n(C([2H])([2H])[2H])c3c(N3CN(c4cccc(Oc5ccc6c7cccc(C(C)(C)C)c7n(-c7cc(C(C)(C)C)c(-c8ccccc8)cn7)c6c5)c4)c4ccccc43)c21. The van der Waals surface area contributed by atoms with E-state index in [-0.39, 0.29) is 17.5 Å². The zero-order valence-electron chi connectivity index (χ0n) is 46.6. The van der Waals surface area contributed by atoms with E-state index < -0.39 is 14.0 Å². The number of rotatable bonds is 6. The summed E-state index contributed by atoms with van der Waals surface area (Å²) in [7, 11) is 0. The zero-order valence-corrected chi connectivity index (χ0v) is 40.6. The summed E-state index contributed by atoms with van der Waals surface area (Å²) in [6.45, 7) is 8.53. The van der Waals surface area contributed by atoms with Crippen LogP contribution >= 0.6 is 0 Å². The van der Waals surface area contributed by atoms with Crippen molar-refractivity contribution in [3.05, 3.63) is 193 Å². The number of benzene rings is 8. The molecule has 1 aliphatic heterocycles. The van der Waals surface area contributed by atoms with E-state index in [1.165, 1.54) is 20.3 Å². The highest BCUT2D eigenvalue weighted by atomic mass is 16.5. The number of pyridine rings is 1. The molecule has 0 fully saturated rings. The highest BCUT2D eigenvalue weighted by Gasteiger charge is 2.33. The van der Waals surface area contributed by atoms with Crippen LogP contribution in [0.15, 0.2) is 182 Å². The summed E-state index contributed by atoms with van der Waals surface area (Å²) in [5.74, 6) is 2.10. The second-order valence-electron chi connectivity index (χ2n) is 21.0. The van der Waals surface area contributed by atoms with Crippen molar-refractivity contribution in [3.63, 3.8) is 0 Å². The molecule has 0 bridgehead atoms. The standard InChI is InChI=1S/C64H56N6O/c1-63(2,3)51-27-19-26-47-46-33-32-43(35-57(46)70(59(47)51)58-37-52(64(4,5)6)50(38-65-58)40-20-10-9-11-21-40)71-42-23-18-22-41(34-42)68-39-69(56-31-17-16-30-55(56)68)62-60-48(44-24-12-14-28-53(44)66(60)7)36-49-45-25-13-15-29-54(45)67(8)61(49)62/h9-38H,39H2,1-8H3/i7D3,8D3. The molecule has 5 heterocycles. The minimum Gasteiger partial charge on any atom is -0.457 e. The molecule has 348 valence electrons. The number of ether oxygens (including phenoxy) is 1. The van der Waals surface area contributed by atoms with E-state index >= 15 is 0 Å². The highest BCUT2D eigenvalue weighted by molar-refractivity contribution is 6.25. The van der Waals surface area contributed by atoms with Crippen molar-refractivity contribution in [1.82, 2.24) is 18.7 Å². The van der Waals surface area contributed by atoms with E-state index in [4.69, 9.17) is 17.9 Å². The number of nitrogens with zero attached hydrogens (tertiary/aromatic N) is 6. The molecule has 0 radical (unpaired) electrons. The predicted octanol–water partition coefficient (Wildman–Crippen LogP) is 16.8. The highest BCUT2D eigenvalue weighted by Crippen LogP contribution is 2.51. The number of anilines is 4. The second-order valence-corrected chi connectivity index (χ2v) is 21.0. The molecule has 13 rings (SSSR count). The Morgan fingerprint density at radius 3 is 1.75 bits per heavy atom. The first-order valence-corrected chi connectivity index (χ1v) is 24.3. The van der Waals surface area contributed by atoms with E-state index in [9.17, 15) is 0 Å². The van der Waals surface area contributed by atoms with Crippen molar-refractivity contribution < 1.29 is 13.0 Å². The van der Waals surface area contributed by atoms with Gasteiger partial charge in [0, 0.05) is 95.1 Å². The molecular weight excluding hydrogens is 869 g/mol. The van der Waals surface area contributed by atoms with Crippen LogP contribution in [-0.4, -0.2) is 25.4 Å². The average molecular weight is 931 g/mol. The normalized spacial score (nSPS) is 14.8. The maximum Gasteiger partial charge on any atom is 0.137 e. The number of aryl methyl sites for hydroxylation is 2. The molecule has 0 saturated heterocycles. The summed E-state index contributed by atoms with van der Waals surface area (Å²) in [5, 5.41) is 5.20. The van der Waals surface area contributed by atoms with Gasteiger partial charge in [0.15, 0.2) is 0 Å². The van der Waals surface area contributed by atoms with Gasteiger partial charge in [0.2, 0.25) is 0 Å². The van der Waals surface area contributed by atoms with Crippen LogP contribution in [0.4, 0.5) is 22.7 Å². The van der Waals surface area contributed by atoms with Gasteiger partial charge in [0.25, 0.3) is 0 Å². The molecule has 0 atom stereocenters. The van der Waals surface area contributed by atoms with Crippen LogP contribution < -0.4 is 14.5 Å². The summed E-state index contributed by atoms with van der Waals surface area (Å²) in [6.07, 6.45) is 2.02. The van der Waals surface area contributed by atoms with Gasteiger partial charge in [-0.1, -0.05) is 145 Å². The maximum atomic E-state index is 9.01. The Morgan fingerprint density at radius 1 is 0.479 bits per heavy atom. The molecule has 12 aromatic rings. The Balaban J connectivity index is 0.958. The van der Waals surface area contributed by atoms with Crippen LogP contribution in [-0.2, 0) is 24.8 Å². The summed E-state index contributed by atoms with van der Waals surface area (Å²) in [5.41, 5.74) is 11.3. The molecule has 8 aromatic carbocycles. The maximum absolute atomic E-state index is 9.01. The third kappa shape index (κ3) is 6.59. The molecule has 4 aromatic heterocycles. The molecular formula is C64H56N6O. The Labute approximate surface area is 422 Å². The van der Waals surface area contributed by atoms with Crippen molar-refractivity contribution in [2.75, 3.05) is 16.5 Å². The van der Waals surface area contributed by atoms with Gasteiger partial charge in [-0.05, 0) is 88.2 Å². The van der Waals surface area contributed by atoms with Crippen LogP contribution in [0.25, 0.3) is 82.4 Å². The molecule has 0 amide bonds. The first kappa shape index (κ1) is 36.7. The van der Waals surface area contributed by atoms with Crippen molar-refractivity contribution in [1.29, 1.82) is 0 Å². The van der Waals surface area contributed by atoms with Gasteiger partial charge in [-0.15, -0.1) is 0 Å².